The summed E-state index contributed by atoms with van der Waals surface area (Å²) in [4.78, 5) is 31.3. The highest BCUT2D eigenvalue weighted by molar-refractivity contribution is 5.81. The van der Waals surface area contributed by atoms with Crippen molar-refractivity contribution in [3.05, 3.63) is 64.1 Å². The van der Waals surface area contributed by atoms with Gasteiger partial charge in [-0.3, -0.25) is 14.7 Å². The average molecular weight is 463 g/mol. The summed E-state index contributed by atoms with van der Waals surface area (Å²) in [6.07, 6.45) is 0.538. The van der Waals surface area contributed by atoms with Gasteiger partial charge >= 0.3 is 5.76 Å². The van der Waals surface area contributed by atoms with Crippen LogP contribution in [0, 0.1) is 0 Å². The maximum atomic E-state index is 13.3. The van der Waals surface area contributed by atoms with Crippen LogP contribution in [0.25, 0.3) is 22.5 Å². The Balaban J connectivity index is 1.41. The van der Waals surface area contributed by atoms with Crippen LogP contribution < -0.4 is 5.76 Å². The van der Waals surface area contributed by atoms with Gasteiger partial charge in [-0.1, -0.05) is 24.3 Å². The first kappa shape index (κ1) is 22.0. The molecule has 3 heterocycles. The van der Waals surface area contributed by atoms with E-state index >= 15 is 0 Å². The molecule has 1 unspecified atom stereocenters. The van der Waals surface area contributed by atoms with Crippen LogP contribution >= 0.6 is 0 Å². The van der Waals surface area contributed by atoms with Crippen LogP contribution in [-0.2, 0) is 11.2 Å². The molecule has 4 aromatic rings. The molecule has 1 saturated heterocycles. The van der Waals surface area contributed by atoms with Crippen molar-refractivity contribution in [1.29, 1.82) is 0 Å². The number of likely N-dealkylation sites (tertiary alicyclic amines) is 1. The number of benzene rings is 2. The number of likely N-dealkylation sites (N-methyl/N-ethyl adjacent to an activating group) is 1. The number of tetrazole rings is 1. The Hall–Kier alpha value is -3.83. The van der Waals surface area contributed by atoms with Crippen molar-refractivity contribution >= 4 is 17.0 Å². The standard InChI is InChI=1S/C23H25N7O4/c1-29(21(32)10-14-5-6-20-18(9-14)24-23(33)34-20)19(13-30-8-7-17(31)12-30)15-3-2-4-16(11-15)22-25-27-28-26-22/h2-6,9,11,17,19,31H,7-8,10,12-13H2,1H3,(H,24,33)(H,25,26,27,28)/t17?,19-/m1/s1. The molecule has 2 aromatic carbocycles. The van der Waals surface area contributed by atoms with Gasteiger partial charge in [-0.2, -0.15) is 5.21 Å². The van der Waals surface area contributed by atoms with E-state index in [1.165, 1.54) is 0 Å². The van der Waals surface area contributed by atoms with E-state index in [2.05, 4.69) is 30.5 Å². The molecule has 1 aliphatic heterocycles. The molecular formula is C23H25N7O4. The molecule has 1 aliphatic rings. The molecule has 1 fully saturated rings. The second-order valence-corrected chi connectivity index (χ2v) is 8.61. The van der Waals surface area contributed by atoms with Gasteiger partial charge in [-0.15, -0.1) is 10.2 Å². The fourth-order valence-corrected chi connectivity index (χ4v) is 4.43. The van der Waals surface area contributed by atoms with Gasteiger partial charge in [0, 0.05) is 32.2 Å². The van der Waals surface area contributed by atoms with Crippen molar-refractivity contribution in [1.82, 2.24) is 35.4 Å². The first-order valence-corrected chi connectivity index (χ1v) is 11.1. The third kappa shape index (κ3) is 4.61. The Morgan fingerprint density at radius 1 is 1.32 bits per heavy atom. The summed E-state index contributed by atoms with van der Waals surface area (Å²) in [6.45, 7) is 1.94. The number of carbonyl (C=O) groups excluding carboxylic acids is 1. The Morgan fingerprint density at radius 2 is 2.21 bits per heavy atom. The smallest absolute Gasteiger partial charge is 0.408 e. The number of nitrogens with one attached hydrogen (secondary N) is 2. The minimum Gasteiger partial charge on any atom is -0.408 e. The lowest BCUT2D eigenvalue weighted by molar-refractivity contribution is -0.131. The van der Waals surface area contributed by atoms with Crippen LogP contribution in [0.15, 0.2) is 51.7 Å². The van der Waals surface area contributed by atoms with Crippen molar-refractivity contribution in [3.63, 3.8) is 0 Å². The molecular weight excluding hydrogens is 438 g/mol. The maximum Gasteiger partial charge on any atom is 0.417 e. The van der Waals surface area contributed by atoms with Crippen molar-refractivity contribution in [2.75, 3.05) is 26.7 Å². The number of aliphatic hydroxyl groups is 1. The predicted octanol–water partition coefficient (Wildman–Crippen LogP) is 1.11. The molecule has 0 saturated carbocycles. The highest BCUT2D eigenvalue weighted by Crippen LogP contribution is 2.27. The summed E-state index contributed by atoms with van der Waals surface area (Å²) in [7, 11) is 1.79. The number of aliphatic hydroxyl groups excluding tert-OH is 1. The molecule has 0 bridgehead atoms. The number of carbonyl (C=O) groups is 1. The van der Waals surface area contributed by atoms with E-state index in [4.69, 9.17) is 4.42 Å². The van der Waals surface area contributed by atoms with Gasteiger partial charge in [-0.05, 0) is 41.0 Å². The summed E-state index contributed by atoms with van der Waals surface area (Å²) in [6, 6.07) is 12.7. The zero-order chi connectivity index (χ0) is 23.7. The number of aromatic nitrogens is 5. The first-order valence-electron chi connectivity index (χ1n) is 11.1. The Kier molecular flexibility index (Phi) is 5.95. The fourth-order valence-electron chi connectivity index (χ4n) is 4.43. The number of fused-ring (bicyclic) bond motifs is 1. The van der Waals surface area contributed by atoms with Gasteiger partial charge in [0.1, 0.15) is 0 Å². The third-order valence-corrected chi connectivity index (χ3v) is 6.25. The molecule has 176 valence electrons. The highest BCUT2D eigenvalue weighted by atomic mass is 16.4. The van der Waals surface area contributed by atoms with E-state index in [9.17, 15) is 14.7 Å². The number of β-amino-alcohol motifs (C(OH)–C–C–N with tert-alkyl or cyclic N) is 1. The first-order chi connectivity index (χ1) is 16.5. The molecule has 1 amide bonds. The van der Waals surface area contributed by atoms with Gasteiger partial charge in [0.2, 0.25) is 11.7 Å². The molecule has 5 rings (SSSR count). The quantitative estimate of drug-likeness (QED) is 0.370. The van der Waals surface area contributed by atoms with Crippen LogP contribution in [0.5, 0.6) is 0 Å². The van der Waals surface area contributed by atoms with Crippen LogP contribution in [0.4, 0.5) is 0 Å². The van der Waals surface area contributed by atoms with E-state index in [1.54, 1.807) is 30.1 Å². The van der Waals surface area contributed by atoms with Crippen molar-refractivity contribution < 1.29 is 14.3 Å². The van der Waals surface area contributed by atoms with Crippen molar-refractivity contribution in [2.24, 2.45) is 0 Å². The SMILES string of the molecule is CN(C(=O)Cc1ccc2oc(=O)[nH]c2c1)[C@H](CN1CCC(O)C1)c1cccc(-c2nn[nH]n2)c1. The number of hydrogen-bond donors (Lipinski definition) is 3. The number of H-pyrrole nitrogens is 2. The van der Waals surface area contributed by atoms with Crippen LogP contribution in [0.2, 0.25) is 0 Å². The highest BCUT2D eigenvalue weighted by Gasteiger charge is 2.28. The van der Waals surface area contributed by atoms with Crippen molar-refractivity contribution in [3.8, 4) is 11.4 Å². The van der Waals surface area contributed by atoms with Gasteiger partial charge in [0.25, 0.3) is 0 Å². The van der Waals surface area contributed by atoms with Crippen LogP contribution in [0.1, 0.15) is 23.6 Å². The summed E-state index contributed by atoms with van der Waals surface area (Å²) in [5, 5.41) is 24.2. The number of rotatable bonds is 7. The van der Waals surface area contributed by atoms with Gasteiger partial charge in [0.05, 0.1) is 24.1 Å². The number of hydrogen-bond acceptors (Lipinski definition) is 8. The molecule has 11 nitrogen and oxygen atoms in total. The molecule has 0 radical (unpaired) electrons. The second-order valence-electron chi connectivity index (χ2n) is 8.61. The number of aromatic amines is 2. The fraction of sp³-hybridized carbons (Fsp3) is 0.348. The molecule has 11 heteroatoms. The number of oxazole rings is 1. The Bertz CT molecular complexity index is 1350. The van der Waals surface area contributed by atoms with Gasteiger partial charge < -0.3 is 14.4 Å². The molecule has 2 aromatic heterocycles. The zero-order valence-corrected chi connectivity index (χ0v) is 18.6. The van der Waals surface area contributed by atoms with E-state index in [-0.39, 0.29) is 24.5 Å². The molecule has 0 aliphatic carbocycles. The minimum atomic E-state index is -0.523. The lowest BCUT2D eigenvalue weighted by atomic mass is 10.0. The van der Waals surface area contributed by atoms with E-state index < -0.39 is 5.76 Å². The Morgan fingerprint density at radius 3 is 2.97 bits per heavy atom. The summed E-state index contributed by atoms with van der Waals surface area (Å²) in [5.41, 5.74) is 3.53. The predicted molar refractivity (Wildman–Crippen MR) is 123 cm³/mol. The second kappa shape index (κ2) is 9.20. The summed E-state index contributed by atoms with van der Waals surface area (Å²) in [5.74, 6) is -0.113. The summed E-state index contributed by atoms with van der Waals surface area (Å²) < 4.78 is 5.05. The maximum absolute atomic E-state index is 13.3. The lowest BCUT2D eigenvalue weighted by Gasteiger charge is -2.32. The van der Waals surface area contributed by atoms with Crippen molar-refractivity contribution in [2.45, 2.75) is 25.0 Å². The Labute approximate surface area is 194 Å². The number of amides is 1. The normalized spacial score (nSPS) is 17.3. The minimum absolute atomic E-state index is 0.0695. The molecule has 34 heavy (non-hydrogen) atoms. The third-order valence-electron chi connectivity index (χ3n) is 6.25. The van der Waals surface area contributed by atoms with Crippen LogP contribution in [0.3, 0.4) is 0 Å². The zero-order valence-electron chi connectivity index (χ0n) is 18.6. The van der Waals surface area contributed by atoms with Gasteiger partial charge in [0.15, 0.2) is 5.58 Å². The number of nitrogens with zero attached hydrogens (tertiary/aromatic N) is 5. The molecule has 3 N–H and O–H groups in total. The van der Waals surface area contributed by atoms with Crippen LogP contribution in [-0.4, -0.2) is 79.2 Å². The average Bonchev–Trinajstić information content (AvgIpc) is 3.57. The lowest BCUT2D eigenvalue weighted by Crippen LogP contribution is -2.39. The van der Waals surface area contributed by atoms with E-state index in [0.717, 1.165) is 29.7 Å². The van der Waals surface area contributed by atoms with E-state index in [0.29, 0.717) is 30.0 Å². The van der Waals surface area contributed by atoms with E-state index in [1.807, 2.05) is 24.3 Å². The van der Waals surface area contributed by atoms with Gasteiger partial charge in [-0.25, -0.2) is 4.79 Å². The molecule has 0 spiro atoms. The summed E-state index contributed by atoms with van der Waals surface area (Å²) >= 11 is 0. The molecule has 2 atom stereocenters. The monoisotopic (exact) mass is 463 g/mol. The topological polar surface area (TPSA) is 144 Å². The largest absolute Gasteiger partial charge is 0.417 e.